The highest BCUT2D eigenvalue weighted by Gasteiger charge is 1.83. The molecule has 0 saturated heterocycles. The second-order valence-electron chi connectivity index (χ2n) is 1.83. The Morgan fingerprint density at radius 1 is 1.60 bits per heavy atom. The molecule has 0 aromatic heterocycles. The van der Waals surface area contributed by atoms with Crippen LogP contribution in [0, 0.1) is 6.07 Å². The van der Waals surface area contributed by atoms with E-state index in [1.807, 2.05) is 31.2 Å². The first kappa shape index (κ1) is 6.87. The van der Waals surface area contributed by atoms with Crippen molar-refractivity contribution in [3.05, 3.63) is 42.7 Å². The number of benzene rings is 1. The average Bonchev–Trinajstić information content (AvgIpc) is 2.03. The van der Waals surface area contributed by atoms with E-state index in [0.29, 0.717) is 0 Å². The molecule has 1 nitrogen and oxygen atoms in total. The van der Waals surface area contributed by atoms with E-state index in [0.717, 1.165) is 5.75 Å². The molecule has 1 aromatic rings. The van der Waals surface area contributed by atoms with Gasteiger partial charge >= 0.3 is 0 Å². The number of ether oxygens (including phenoxy) is 1. The van der Waals surface area contributed by atoms with Crippen LogP contribution < -0.4 is 4.74 Å². The molecule has 0 bridgehead atoms. The van der Waals surface area contributed by atoms with Crippen molar-refractivity contribution in [2.75, 3.05) is 0 Å². The predicted molar refractivity (Wildman–Crippen MR) is 40.7 cm³/mol. The summed E-state index contributed by atoms with van der Waals surface area (Å²) in [5.74, 6) is 0.820. The fraction of sp³-hybridized carbons (Fsp3) is 0.111. The fourth-order valence-corrected chi connectivity index (χ4v) is 0.597. The lowest BCUT2D eigenvalue weighted by atomic mass is 10.3. The quantitative estimate of drug-likeness (QED) is 0.563. The molecule has 0 aliphatic carbocycles. The largest absolute Gasteiger partial charge is 0.465 e. The monoisotopic (exact) mass is 133 g/mol. The van der Waals surface area contributed by atoms with Crippen LogP contribution in [-0.2, 0) is 0 Å². The molecule has 0 amide bonds. The second-order valence-corrected chi connectivity index (χ2v) is 1.83. The first-order chi connectivity index (χ1) is 4.93. The zero-order valence-electron chi connectivity index (χ0n) is 5.87. The molecule has 1 rings (SSSR count). The summed E-state index contributed by atoms with van der Waals surface area (Å²) < 4.78 is 5.14. The van der Waals surface area contributed by atoms with Gasteiger partial charge in [-0.1, -0.05) is 18.2 Å². The van der Waals surface area contributed by atoms with E-state index in [9.17, 15) is 0 Å². The highest BCUT2D eigenvalue weighted by molar-refractivity contribution is 5.20. The number of hydrogen-bond donors (Lipinski definition) is 0. The first-order valence-electron chi connectivity index (χ1n) is 3.17. The molecule has 0 fully saturated rings. The van der Waals surface area contributed by atoms with Gasteiger partial charge < -0.3 is 4.74 Å². The SMILES string of the molecule is CC=COc1c[c]ccc1. The highest BCUT2D eigenvalue weighted by atomic mass is 16.5. The van der Waals surface area contributed by atoms with Gasteiger partial charge in [0, 0.05) is 0 Å². The Labute approximate surface area is 61.0 Å². The van der Waals surface area contributed by atoms with Gasteiger partial charge in [0.05, 0.1) is 6.26 Å². The van der Waals surface area contributed by atoms with Crippen molar-refractivity contribution < 1.29 is 4.74 Å². The number of rotatable bonds is 2. The Morgan fingerprint density at radius 2 is 2.50 bits per heavy atom. The van der Waals surface area contributed by atoms with Gasteiger partial charge in [-0.05, 0) is 25.1 Å². The highest BCUT2D eigenvalue weighted by Crippen LogP contribution is 2.07. The smallest absolute Gasteiger partial charge is 0.127 e. The van der Waals surface area contributed by atoms with Crippen LogP contribution in [-0.4, -0.2) is 0 Å². The van der Waals surface area contributed by atoms with E-state index < -0.39 is 0 Å². The van der Waals surface area contributed by atoms with Crippen molar-refractivity contribution in [1.82, 2.24) is 0 Å². The van der Waals surface area contributed by atoms with Crippen LogP contribution in [0.2, 0.25) is 0 Å². The molecule has 0 N–H and O–H groups in total. The zero-order chi connectivity index (χ0) is 7.23. The van der Waals surface area contributed by atoms with Crippen LogP contribution in [0.3, 0.4) is 0 Å². The summed E-state index contributed by atoms with van der Waals surface area (Å²) in [4.78, 5) is 0. The van der Waals surface area contributed by atoms with E-state index in [2.05, 4.69) is 6.07 Å². The van der Waals surface area contributed by atoms with Crippen molar-refractivity contribution in [2.45, 2.75) is 6.92 Å². The van der Waals surface area contributed by atoms with Gasteiger partial charge in [0.15, 0.2) is 0 Å². The van der Waals surface area contributed by atoms with Crippen LogP contribution in [0.5, 0.6) is 5.75 Å². The minimum Gasteiger partial charge on any atom is -0.465 e. The minimum absolute atomic E-state index is 0.820. The topological polar surface area (TPSA) is 9.23 Å². The number of allylic oxidation sites excluding steroid dienone is 1. The van der Waals surface area contributed by atoms with Gasteiger partial charge in [0.2, 0.25) is 0 Å². The molecule has 0 saturated carbocycles. The van der Waals surface area contributed by atoms with Crippen molar-refractivity contribution in [3.8, 4) is 5.75 Å². The maximum absolute atomic E-state index is 5.14. The molecule has 51 valence electrons. The van der Waals surface area contributed by atoms with Gasteiger partial charge in [-0.15, -0.1) is 0 Å². The predicted octanol–water partition coefficient (Wildman–Crippen LogP) is 2.40. The lowest BCUT2D eigenvalue weighted by molar-refractivity contribution is 0.480. The van der Waals surface area contributed by atoms with Gasteiger partial charge in [0.25, 0.3) is 0 Å². The lowest BCUT2D eigenvalue weighted by Gasteiger charge is -1.95. The number of hydrogen-bond acceptors (Lipinski definition) is 1. The molecule has 0 aliphatic heterocycles. The van der Waals surface area contributed by atoms with E-state index >= 15 is 0 Å². The van der Waals surface area contributed by atoms with Crippen molar-refractivity contribution >= 4 is 0 Å². The molecule has 1 radical (unpaired) electrons. The van der Waals surface area contributed by atoms with Crippen LogP contribution >= 0.6 is 0 Å². The maximum Gasteiger partial charge on any atom is 0.127 e. The van der Waals surface area contributed by atoms with E-state index in [1.54, 1.807) is 12.3 Å². The Hall–Kier alpha value is -1.24. The standard InChI is InChI=1S/C9H9O/c1-2-8-10-9-6-4-3-5-7-9/h2-4,6-8H,1H3. The molecular weight excluding hydrogens is 124 g/mol. The summed E-state index contributed by atoms with van der Waals surface area (Å²) >= 11 is 0. The molecule has 0 unspecified atom stereocenters. The molecule has 1 heteroatoms. The third-order valence-electron chi connectivity index (χ3n) is 1.02. The van der Waals surface area contributed by atoms with Gasteiger partial charge in [-0.2, -0.15) is 0 Å². The summed E-state index contributed by atoms with van der Waals surface area (Å²) in [6.07, 6.45) is 3.48. The normalized spacial score (nSPS) is 10.1. The van der Waals surface area contributed by atoms with E-state index in [-0.39, 0.29) is 0 Å². The molecular formula is C9H9O. The molecule has 0 aliphatic rings. The van der Waals surface area contributed by atoms with Gasteiger partial charge in [0.1, 0.15) is 5.75 Å². The van der Waals surface area contributed by atoms with Crippen molar-refractivity contribution in [1.29, 1.82) is 0 Å². The van der Waals surface area contributed by atoms with Gasteiger partial charge in [-0.3, -0.25) is 0 Å². The molecule has 0 spiro atoms. The lowest BCUT2D eigenvalue weighted by Crippen LogP contribution is -1.78. The van der Waals surface area contributed by atoms with Crippen LogP contribution in [0.4, 0.5) is 0 Å². The third-order valence-corrected chi connectivity index (χ3v) is 1.02. The van der Waals surface area contributed by atoms with Gasteiger partial charge in [-0.25, -0.2) is 0 Å². The van der Waals surface area contributed by atoms with Crippen LogP contribution in [0.15, 0.2) is 36.6 Å². The van der Waals surface area contributed by atoms with Crippen LogP contribution in [0.1, 0.15) is 6.92 Å². The van der Waals surface area contributed by atoms with E-state index in [1.165, 1.54) is 0 Å². The summed E-state index contributed by atoms with van der Waals surface area (Å²) in [6.45, 7) is 1.91. The van der Waals surface area contributed by atoms with Crippen molar-refractivity contribution in [2.24, 2.45) is 0 Å². The Bertz CT molecular complexity index is 201. The van der Waals surface area contributed by atoms with Crippen molar-refractivity contribution in [3.63, 3.8) is 0 Å². The summed E-state index contributed by atoms with van der Waals surface area (Å²) in [7, 11) is 0. The Kier molecular flexibility index (Phi) is 2.56. The average molecular weight is 133 g/mol. The Morgan fingerprint density at radius 3 is 3.10 bits per heavy atom. The summed E-state index contributed by atoms with van der Waals surface area (Å²) in [6, 6.07) is 10.3. The molecule has 10 heavy (non-hydrogen) atoms. The third kappa shape index (κ3) is 1.94. The minimum atomic E-state index is 0.820. The fourth-order valence-electron chi connectivity index (χ4n) is 0.597. The summed E-state index contributed by atoms with van der Waals surface area (Å²) in [5.41, 5.74) is 0. The zero-order valence-corrected chi connectivity index (χ0v) is 5.87. The molecule has 0 heterocycles. The van der Waals surface area contributed by atoms with Crippen LogP contribution in [0.25, 0.3) is 0 Å². The summed E-state index contributed by atoms with van der Waals surface area (Å²) in [5, 5.41) is 0. The molecule has 1 aromatic carbocycles. The Balaban J connectivity index is 2.59. The maximum atomic E-state index is 5.14. The van der Waals surface area contributed by atoms with E-state index in [4.69, 9.17) is 4.74 Å². The first-order valence-corrected chi connectivity index (χ1v) is 3.17. The second kappa shape index (κ2) is 3.72. The molecule has 0 atom stereocenters.